The Kier molecular flexibility index (Phi) is 4.16. The maximum Gasteiger partial charge on any atom is 0.229 e. The molecular weight excluding hydrogens is 244 g/mol. The van der Waals surface area contributed by atoms with Gasteiger partial charge in [0.25, 0.3) is 0 Å². The number of hydrogen-bond donors (Lipinski definition) is 1. The fourth-order valence-corrected chi connectivity index (χ4v) is 1.66. The van der Waals surface area contributed by atoms with Crippen molar-refractivity contribution in [3.8, 4) is 5.75 Å². The van der Waals surface area contributed by atoms with Crippen molar-refractivity contribution < 1.29 is 14.4 Å². The molecule has 19 heavy (non-hydrogen) atoms. The highest BCUT2D eigenvalue weighted by atomic mass is 16.5. The van der Waals surface area contributed by atoms with Gasteiger partial charge in [-0.05, 0) is 13.0 Å². The molecule has 0 amide bonds. The van der Waals surface area contributed by atoms with Crippen LogP contribution in [0.1, 0.15) is 50.1 Å². The molecule has 5 nitrogen and oxygen atoms in total. The third-order valence-electron chi connectivity index (χ3n) is 2.70. The first-order valence-electron chi connectivity index (χ1n) is 6.30. The van der Waals surface area contributed by atoms with E-state index in [-0.39, 0.29) is 12.5 Å². The molecule has 0 bridgehead atoms. The lowest BCUT2D eigenvalue weighted by Gasteiger charge is -2.11. The predicted octanol–water partition coefficient (Wildman–Crippen LogP) is 2.83. The van der Waals surface area contributed by atoms with Crippen LogP contribution in [0.4, 0.5) is 0 Å². The number of aliphatic hydroxyl groups is 1. The monoisotopic (exact) mass is 262 g/mol. The maximum absolute atomic E-state index is 9.65. The molecule has 0 aliphatic carbocycles. The van der Waals surface area contributed by atoms with Gasteiger partial charge < -0.3 is 14.4 Å². The second-order valence-electron chi connectivity index (χ2n) is 4.71. The summed E-state index contributed by atoms with van der Waals surface area (Å²) in [4.78, 5) is 4.23. The Morgan fingerprint density at radius 1 is 1.26 bits per heavy atom. The van der Waals surface area contributed by atoms with Gasteiger partial charge in [0.15, 0.2) is 6.61 Å². The van der Waals surface area contributed by atoms with Gasteiger partial charge >= 0.3 is 0 Å². The summed E-state index contributed by atoms with van der Waals surface area (Å²) in [6, 6.07) is 7.36. The molecule has 1 aromatic carbocycles. The summed E-state index contributed by atoms with van der Waals surface area (Å²) in [7, 11) is 0. The molecule has 0 saturated heterocycles. The van der Waals surface area contributed by atoms with E-state index in [2.05, 4.69) is 10.1 Å². The van der Waals surface area contributed by atoms with Gasteiger partial charge in [-0.3, -0.25) is 0 Å². The second kappa shape index (κ2) is 5.84. The van der Waals surface area contributed by atoms with Gasteiger partial charge in [-0.25, -0.2) is 0 Å². The molecule has 0 fully saturated rings. The molecule has 2 rings (SSSR count). The van der Waals surface area contributed by atoms with Crippen molar-refractivity contribution in [1.82, 2.24) is 10.1 Å². The van der Waals surface area contributed by atoms with E-state index in [9.17, 15) is 5.11 Å². The lowest BCUT2D eigenvalue weighted by atomic mass is 10.1. The van der Waals surface area contributed by atoms with Crippen molar-refractivity contribution in [1.29, 1.82) is 0 Å². The Bertz CT molecular complexity index is 535. The lowest BCUT2D eigenvalue weighted by Crippen LogP contribution is -2.02. The van der Waals surface area contributed by atoms with Gasteiger partial charge in [-0.2, -0.15) is 4.98 Å². The van der Waals surface area contributed by atoms with Crippen molar-refractivity contribution in [3.63, 3.8) is 0 Å². The summed E-state index contributed by atoms with van der Waals surface area (Å²) in [5, 5.41) is 13.5. The van der Waals surface area contributed by atoms with Crippen molar-refractivity contribution in [2.45, 2.75) is 39.4 Å². The van der Waals surface area contributed by atoms with E-state index in [0.29, 0.717) is 17.5 Å². The van der Waals surface area contributed by atoms with E-state index in [1.165, 1.54) is 0 Å². The number of rotatable bonds is 5. The number of aliphatic hydroxyl groups excluding tert-OH is 1. The number of aromatic nitrogens is 2. The van der Waals surface area contributed by atoms with Crippen molar-refractivity contribution >= 4 is 0 Å². The van der Waals surface area contributed by atoms with Gasteiger partial charge in [0, 0.05) is 11.5 Å². The first-order chi connectivity index (χ1) is 9.08. The summed E-state index contributed by atoms with van der Waals surface area (Å²) in [6.45, 7) is 5.90. The SMILES string of the molecule is CC(C)c1nc(COc2ccccc2[C@@H](C)O)no1. The van der Waals surface area contributed by atoms with Gasteiger partial charge in [0.2, 0.25) is 11.7 Å². The van der Waals surface area contributed by atoms with Crippen molar-refractivity contribution in [3.05, 3.63) is 41.5 Å². The van der Waals surface area contributed by atoms with E-state index in [1.807, 2.05) is 38.1 Å². The molecular formula is C14H18N2O3. The summed E-state index contributed by atoms with van der Waals surface area (Å²) in [5.41, 5.74) is 0.745. The average molecular weight is 262 g/mol. The van der Waals surface area contributed by atoms with Crippen LogP contribution < -0.4 is 4.74 Å². The second-order valence-corrected chi connectivity index (χ2v) is 4.71. The minimum atomic E-state index is -0.576. The number of benzene rings is 1. The minimum Gasteiger partial charge on any atom is -0.485 e. The summed E-state index contributed by atoms with van der Waals surface area (Å²) >= 11 is 0. The number of ether oxygens (including phenoxy) is 1. The van der Waals surface area contributed by atoms with E-state index in [4.69, 9.17) is 9.26 Å². The van der Waals surface area contributed by atoms with Crippen LogP contribution in [-0.2, 0) is 6.61 Å². The smallest absolute Gasteiger partial charge is 0.229 e. The van der Waals surface area contributed by atoms with Gasteiger partial charge in [0.05, 0.1) is 6.10 Å². The third kappa shape index (κ3) is 3.32. The molecule has 1 aromatic heterocycles. The highest BCUT2D eigenvalue weighted by Crippen LogP contribution is 2.25. The van der Waals surface area contributed by atoms with Crippen LogP contribution in [-0.4, -0.2) is 15.2 Å². The molecule has 0 radical (unpaired) electrons. The third-order valence-corrected chi connectivity index (χ3v) is 2.70. The molecule has 5 heteroatoms. The minimum absolute atomic E-state index is 0.200. The zero-order chi connectivity index (χ0) is 13.8. The normalized spacial score (nSPS) is 12.7. The zero-order valence-corrected chi connectivity index (χ0v) is 11.3. The standard InChI is InChI=1S/C14H18N2O3/c1-9(2)14-15-13(16-19-14)8-18-12-7-5-4-6-11(12)10(3)17/h4-7,9-10,17H,8H2,1-3H3/t10-/m1/s1. The van der Waals surface area contributed by atoms with Crippen molar-refractivity contribution in [2.75, 3.05) is 0 Å². The lowest BCUT2D eigenvalue weighted by molar-refractivity contribution is 0.189. The van der Waals surface area contributed by atoms with Crippen LogP contribution in [0.3, 0.4) is 0 Å². The van der Waals surface area contributed by atoms with Gasteiger partial charge in [-0.1, -0.05) is 37.2 Å². The zero-order valence-electron chi connectivity index (χ0n) is 11.3. The first kappa shape index (κ1) is 13.5. The highest BCUT2D eigenvalue weighted by Gasteiger charge is 2.12. The molecule has 102 valence electrons. The van der Waals surface area contributed by atoms with E-state index in [0.717, 1.165) is 5.56 Å². The van der Waals surface area contributed by atoms with Crippen LogP contribution in [0.25, 0.3) is 0 Å². The van der Waals surface area contributed by atoms with Crippen molar-refractivity contribution in [2.24, 2.45) is 0 Å². The highest BCUT2D eigenvalue weighted by molar-refractivity contribution is 5.34. The maximum atomic E-state index is 9.65. The van der Waals surface area contributed by atoms with Crippen LogP contribution in [0.5, 0.6) is 5.75 Å². The van der Waals surface area contributed by atoms with E-state index < -0.39 is 6.10 Å². The number of hydrogen-bond acceptors (Lipinski definition) is 5. The fourth-order valence-electron chi connectivity index (χ4n) is 1.66. The van der Waals surface area contributed by atoms with Crippen LogP contribution in [0.2, 0.25) is 0 Å². The van der Waals surface area contributed by atoms with Crippen LogP contribution in [0.15, 0.2) is 28.8 Å². The Balaban J connectivity index is 2.06. The predicted molar refractivity (Wildman–Crippen MR) is 69.8 cm³/mol. The molecule has 1 heterocycles. The molecule has 0 unspecified atom stereocenters. The summed E-state index contributed by atoms with van der Waals surface area (Å²) in [5.74, 6) is 1.94. The Hall–Kier alpha value is -1.88. The Morgan fingerprint density at radius 2 is 2.00 bits per heavy atom. The molecule has 1 N–H and O–H groups in total. The molecule has 0 spiro atoms. The first-order valence-corrected chi connectivity index (χ1v) is 6.30. The summed E-state index contributed by atoms with van der Waals surface area (Å²) < 4.78 is 10.7. The Labute approximate surface area is 112 Å². The molecule has 2 aromatic rings. The molecule has 0 aliphatic heterocycles. The Morgan fingerprint density at radius 3 is 2.63 bits per heavy atom. The molecule has 1 atom stereocenters. The van der Waals surface area contributed by atoms with Gasteiger partial charge in [0.1, 0.15) is 5.75 Å². The number of para-hydroxylation sites is 1. The van der Waals surface area contributed by atoms with Gasteiger partial charge in [-0.15, -0.1) is 0 Å². The van der Waals surface area contributed by atoms with E-state index >= 15 is 0 Å². The van der Waals surface area contributed by atoms with Crippen LogP contribution in [0, 0.1) is 0 Å². The largest absolute Gasteiger partial charge is 0.485 e. The summed E-state index contributed by atoms with van der Waals surface area (Å²) in [6.07, 6.45) is -0.576. The molecule has 0 saturated carbocycles. The fraction of sp³-hybridized carbons (Fsp3) is 0.429. The average Bonchev–Trinajstić information content (AvgIpc) is 2.85. The van der Waals surface area contributed by atoms with Crippen LogP contribution >= 0.6 is 0 Å². The number of nitrogens with zero attached hydrogens (tertiary/aromatic N) is 2. The quantitative estimate of drug-likeness (QED) is 0.897. The topological polar surface area (TPSA) is 68.4 Å². The van der Waals surface area contributed by atoms with E-state index in [1.54, 1.807) is 6.92 Å². The molecule has 0 aliphatic rings.